The Hall–Kier alpha value is -0.370. The van der Waals surface area contributed by atoms with Crippen molar-refractivity contribution < 1.29 is 4.79 Å². The van der Waals surface area contributed by atoms with Gasteiger partial charge in [0.05, 0.1) is 6.04 Å². The first-order chi connectivity index (χ1) is 7.54. The monoisotopic (exact) mass is 223 g/mol. The maximum Gasteiger partial charge on any atom is 0.149 e. The predicted octanol–water partition coefficient (Wildman–Crippen LogP) is 2.72. The lowest BCUT2D eigenvalue weighted by Gasteiger charge is -2.20. The molecule has 1 spiro atoms. The van der Waals surface area contributed by atoms with Gasteiger partial charge in [0.2, 0.25) is 0 Å². The fourth-order valence-corrected chi connectivity index (χ4v) is 3.72. The Kier molecular flexibility index (Phi) is 3.13. The molecule has 16 heavy (non-hydrogen) atoms. The lowest BCUT2D eigenvalue weighted by molar-refractivity contribution is -0.123. The SMILES string of the molecule is CCC(=O)[C@@H]1C[C@]2(C[C@H]2C(C)C)CN1CC. The number of likely N-dealkylation sites (tertiary alicyclic amines) is 1. The average Bonchev–Trinajstić information content (AvgIpc) is 2.82. The van der Waals surface area contributed by atoms with Gasteiger partial charge in [0.15, 0.2) is 0 Å². The summed E-state index contributed by atoms with van der Waals surface area (Å²) in [6, 6.07) is 0.235. The Bertz CT molecular complexity index is 286. The molecule has 0 aromatic carbocycles. The van der Waals surface area contributed by atoms with E-state index in [1.165, 1.54) is 13.0 Å². The number of carbonyl (C=O) groups excluding carboxylic acids is 1. The summed E-state index contributed by atoms with van der Waals surface area (Å²) in [6.45, 7) is 11.0. The van der Waals surface area contributed by atoms with Crippen LogP contribution in [0.3, 0.4) is 0 Å². The lowest BCUT2D eigenvalue weighted by Crippen LogP contribution is -2.35. The van der Waals surface area contributed by atoms with Crippen molar-refractivity contribution >= 4 is 5.78 Å². The van der Waals surface area contributed by atoms with Crippen molar-refractivity contribution in [2.75, 3.05) is 13.1 Å². The zero-order valence-corrected chi connectivity index (χ0v) is 11.1. The van der Waals surface area contributed by atoms with Gasteiger partial charge >= 0.3 is 0 Å². The highest BCUT2D eigenvalue weighted by Gasteiger charge is 2.61. The van der Waals surface area contributed by atoms with E-state index in [1.54, 1.807) is 0 Å². The van der Waals surface area contributed by atoms with Crippen LogP contribution in [0.5, 0.6) is 0 Å². The molecule has 0 aromatic heterocycles. The molecule has 1 aliphatic carbocycles. The Balaban J connectivity index is 2.06. The van der Waals surface area contributed by atoms with Crippen LogP contribution in [0.25, 0.3) is 0 Å². The molecule has 1 saturated carbocycles. The van der Waals surface area contributed by atoms with E-state index in [9.17, 15) is 4.79 Å². The van der Waals surface area contributed by atoms with Crippen LogP contribution in [0.1, 0.15) is 47.0 Å². The maximum atomic E-state index is 11.9. The van der Waals surface area contributed by atoms with Crippen LogP contribution in [-0.2, 0) is 4.79 Å². The third kappa shape index (κ3) is 1.81. The largest absolute Gasteiger partial charge is 0.298 e. The van der Waals surface area contributed by atoms with Gasteiger partial charge in [-0.05, 0) is 36.6 Å². The van der Waals surface area contributed by atoms with E-state index >= 15 is 0 Å². The van der Waals surface area contributed by atoms with Crippen molar-refractivity contribution in [3.8, 4) is 0 Å². The van der Waals surface area contributed by atoms with Crippen molar-refractivity contribution in [3.63, 3.8) is 0 Å². The van der Waals surface area contributed by atoms with E-state index in [0.717, 1.165) is 24.8 Å². The highest BCUT2D eigenvalue weighted by Crippen LogP contribution is 2.62. The van der Waals surface area contributed by atoms with Crippen LogP contribution in [0.2, 0.25) is 0 Å². The van der Waals surface area contributed by atoms with E-state index in [-0.39, 0.29) is 6.04 Å². The molecule has 3 atom stereocenters. The van der Waals surface area contributed by atoms with Crippen LogP contribution < -0.4 is 0 Å². The molecule has 2 nitrogen and oxygen atoms in total. The normalized spacial score (nSPS) is 38.6. The van der Waals surface area contributed by atoms with E-state index < -0.39 is 0 Å². The van der Waals surface area contributed by atoms with Crippen molar-refractivity contribution in [1.82, 2.24) is 4.90 Å². The Morgan fingerprint density at radius 1 is 1.38 bits per heavy atom. The summed E-state index contributed by atoms with van der Waals surface area (Å²) < 4.78 is 0. The standard InChI is InChI=1S/C14H25NO/c1-5-13(16)12-8-14(9-15(12)6-2)7-11(14)10(3)4/h10-12H,5-9H2,1-4H3/t11-,12-,14+/m0/s1. The van der Waals surface area contributed by atoms with E-state index in [4.69, 9.17) is 0 Å². The number of nitrogens with zero attached hydrogens (tertiary/aromatic N) is 1. The number of hydrogen-bond acceptors (Lipinski definition) is 2. The summed E-state index contributed by atoms with van der Waals surface area (Å²) in [4.78, 5) is 14.3. The first-order valence-corrected chi connectivity index (χ1v) is 6.81. The van der Waals surface area contributed by atoms with Crippen molar-refractivity contribution in [2.24, 2.45) is 17.3 Å². The minimum atomic E-state index is 0.235. The van der Waals surface area contributed by atoms with Crippen LogP contribution in [0, 0.1) is 17.3 Å². The number of hydrogen-bond donors (Lipinski definition) is 0. The van der Waals surface area contributed by atoms with E-state index in [1.807, 2.05) is 6.92 Å². The second-order valence-electron chi connectivity index (χ2n) is 6.02. The van der Waals surface area contributed by atoms with Gasteiger partial charge in [-0.3, -0.25) is 9.69 Å². The highest BCUT2D eigenvalue weighted by molar-refractivity contribution is 5.84. The molecule has 2 fully saturated rings. The first kappa shape index (κ1) is 12.1. The van der Waals surface area contributed by atoms with Gasteiger partial charge in [-0.1, -0.05) is 27.7 Å². The topological polar surface area (TPSA) is 20.3 Å². The molecule has 0 unspecified atom stereocenters. The maximum absolute atomic E-state index is 11.9. The predicted molar refractivity (Wildman–Crippen MR) is 66.3 cm³/mol. The molecule has 92 valence electrons. The van der Waals surface area contributed by atoms with E-state index in [2.05, 4.69) is 25.7 Å². The molecule has 0 N–H and O–H groups in total. The van der Waals surface area contributed by atoms with Gasteiger partial charge in [0, 0.05) is 13.0 Å². The number of carbonyl (C=O) groups is 1. The Labute approximate surface area is 99.4 Å². The second kappa shape index (κ2) is 4.14. The van der Waals surface area contributed by atoms with Gasteiger partial charge in [0.1, 0.15) is 5.78 Å². The van der Waals surface area contributed by atoms with Crippen molar-refractivity contribution in [2.45, 2.75) is 53.0 Å². The summed E-state index contributed by atoms with van der Waals surface area (Å²) in [5.74, 6) is 2.11. The summed E-state index contributed by atoms with van der Waals surface area (Å²) in [5, 5.41) is 0. The van der Waals surface area contributed by atoms with Gasteiger partial charge in [-0.15, -0.1) is 0 Å². The van der Waals surface area contributed by atoms with Gasteiger partial charge in [-0.2, -0.15) is 0 Å². The number of Topliss-reactive ketones (excluding diaryl/α,β-unsaturated/α-hetero) is 1. The fourth-order valence-electron chi connectivity index (χ4n) is 3.72. The first-order valence-electron chi connectivity index (χ1n) is 6.81. The molecule has 0 bridgehead atoms. The molecule has 2 heteroatoms. The van der Waals surface area contributed by atoms with E-state index in [0.29, 0.717) is 17.6 Å². The van der Waals surface area contributed by atoms with Crippen LogP contribution in [0.15, 0.2) is 0 Å². The Morgan fingerprint density at radius 2 is 2.06 bits per heavy atom. The molecule has 0 aromatic rings. The molecular formula is C14H25NO. The van der Waals surface area contributed by atoms with Crippen molar-refractivity contribution in [1.29, 1.82) is 0 Å². The smallest absolute Gasteiger partial charge is 0.149 e. The van der Waals surface area contributed by atoms with Gasteiger partial charge < -0.3 is 0 Å². The summed E-state index contributed by atoms with van der Waals surface area (Å²) in [7, 11) is 0. The Morgan fingerprint density at radius 3 is 2.50 bits per heavy atom. The van der Waals surface area contributed by atoms with Gasteiger partial charge in [-0.25, -0.2) is 0 Å². The highest BCUT2D eigenvalue weighted by atomic mass is 16.1. The molecule has 1 aliphatic heterocycles. The minimum Gasteiger partial charge on any atom is -0.298 e. The summed E-state index contributed by atoms with van der Waals surface area (Å²) >= 11 is 0. The molecule has 0 amide bonds. The quantitative estimate of drug-likeness (QED) is 0.730. The molecule has 1 heterocycles. The van der Waals surface area contributed by atoms with Crippen LogP contribution >= 0.6 is 0 Å². The van der Waals surface area contributed by atoms with Gasteiger partial charge in [0.25, 0.3) is 0 Å². The van der Waals surface area contributed by atoms with Crippen LogP contribution in [0.4, 0.5) is 0 Å². The number of ketones is 1. The summed E-state index contributed by atoms with van der Waals surface area (Å²) in [5.41, 5.74) is 0.514. The number of rotatable bonds is 4. The average molecular weight is 223 g/mol. The van der Waals surface area contributed by atoms with Crippen LogP contribution in [-0.4, -0.2) is 29.8 Å². The molecule has 1 saturated heterocycles. The minimum absolute atomic E-state index is 0.235. The molecule has 0 radical (unpaired) electrons. The third-order valence-electron chi connectivity index (χ3n) is 4.74. The number of likely N-dealkylation sites (N-methyl/N-ethyl adjacent to an activating group) is 1. The molecule has 2 rings (SSSR count). The van der Waals surface area contributed by atoms with Crippen molar-refractivity contribution in [3.05, 3.63) is 0 Å². The molecular weight excluding hydrogens is 198 g/mol. The fraction of sp³-hybridized carbons (Fsp3) is 0.929. The zero-order valence-electron chi connectivity index (χ0n) is 11.1. The lowest BCUT2D eigenvalue weighted by atomic mass is 9.93. The second-order valence-corrected chi connectivity index (χ2v) is 6.02. The molecule has 2 aliphatic rings. The zero-order chi connectivity index (χ0) is 11.9. The summed E-state index contributed by atoms with van der Waals surface area (Å²) in [6.07, 6.45) is 3.19. The third-order valence-corrected chi connectivity index (χ3v) is 4.74.